The normalized spacial score (nSPS) is 11.5. The van der Waals surface area contributed by atoms with Gasteiger partial charge >= 0.3 is 0 Å². The van der Waals surface area contributed by atoms with Crippen molar-refractivity contribution in [3.05, 3.63) is 188 Å². The predicted octanol–water partition coefficient (Wildman–Crippen LogP) is 12.8. The van der Waals surface area contributed by atoms with Crippen molar-refractivity contribution in [1.82, 2.24) is 15.0 Å². The van der Waals surface area contributed by atoms with Gasteiger partial charge in [0.2, 0.25) is 0 Å². The molecule has 0 unspecified atom stereocenters. The Hall–Kier alpha value is -6.97. The van der Waals surface area contributed by atoms with Crippen molar-refractivity contribution >= 4 is 43.1 Å². The van der Waals surface area contributed by atoms with E-state index in [0.29, 0.717) is 5.82 Å². The maximum absolute atomic E-state index is 5.15. The van der Waals surface area contributed by atoms with E-state index in [1.165, 1.54) is 65.3 Å². The quantitative estimate of drug-likeness (QED) is 0.172. The second-order valence-electron chi connectivity index (χ2n) is 13.3. The molecule has 0 fully saturated rings. The molecule has 0 saturated heterocycles. The third kappa shape index (κ3) is 5.19. The first-order valence-electron chi connectivity index (χ1n) is 17.6. The molecule has 2 heterocycles. The van der Waals surface area contributed by atoms with E-state index in [4.69, 9.17) is 9.97 Å². The molecule has 0 spiro atoms. The standard InChI is InChI=1S/C49H31N3/c1-3-10-35-29-39(18-16-32(35)8-1)47-42-14-5-6-15-43(42)48(40-19-17-33-9-2-4-11-36(33)30-40)45-31-41(20-21-44(45)47)49-51-27-24-46(52-49)38-13-7-12-37(28-38)34-22-25-50-26-23-34/h1-31H. The zero-order valence-corrected chi connectivity index (χ0v) is 28.2. The average molecular weight is 662 g/mol. The smallest absolute Gasteiger partial charge is 0.159 e. The van der Waals surface area contributed by atoms with Gasteiger partial charge in [-0.1, -0.05) is 127 Å². The van der Waals surface area contributed by atoms with E-state index < -0.39 is 0 Å². The molecule has 10 rings (SSSR count). The van der Waals surface area contributed by atoms with Crippen molar-refractivity contribution in [2.45, 2.75) is 0 Å². The van der Waals surface area contributed by atoms with Gasteiger partial charge in [-0.05, 0) is 119 Å². The minimum absolute atomic E-state index is 0.693. The number of fused-ring (bicyclic) bond motifs is 4. The average Bonchev–Trinajstić information content (AvgIpc) is 3.22. The van der Waals surface area contributed by atoms with Gasteiger partial charge in [0, 0.05) is 29.7 Å². The molecule has 0 amide bonds. The van der Waals surface area contributed by atoms with Crippen LogP contribution in [0.25, 0.3) is 99.1 Å². The number of nitrogens with zero attached hydrogens (tertiary/aromatic N) is 3. The lowest BCUT2D eigenvalue weighted by Gasteiger charge is -2.19. The summed E-state index contributed by atoms with van der Waals surface area (Å²) in [6, 6.07) is 60.9. The Kier molecular flexibility index (Phi) is 7.14. The maximum Gasteiger partial charge on any atom is 0.159 e. The number of aromatic nitrogens is 3. The number of benzene rings is 8. The fourth-order valence-electron chi connectivity index (χ4n) is 7.69. The summed E-state index contributed by atoms with van der Waals surface area (Å²) in [4.78, 5) is 14.2. The molecule has 242 valence electrons. The van der Waals surface area contributed by atoms with E-state index in [1.54, 1.807) is 0 Å². The summed E-state index contributed by atoms with van der Waals surface area (Å²) in [6.07, 6.45) is 5.52. The third-order valence-corrected chi connectivity index (χ3v) is 10.2. The van der Waals surface area contributed by atoms with E-state index in [2.05, 4.69) is 157 Å². The van der Waals surface area contributed by atoms with Crippen LogP contribution in [-0.4, -0.2) is 15.0 Å². The van der Waals surface area contributed by atoms with E-state index in [1.807, 2.05) is 36.8 Å². The molecule has 3 heteroatoms. The van der Waals surface area contributed by atoms with Crippen LogP contribution >= 0.6 is 0 Å². The second-order valence-corrected chi connectivity index (χ2v) is 13.3. The largest absolute Gasteiger partial charge is 0.265 e. The van der Waals surface area contributed by atoms with Gasteiger partial charge in [0.1, 0.15) is 0 Å². The molecule has 0 aliphatic carbocycles. The van der Waals surface area contributed by atoms with E-state index in [9.17, 15) is 0 Å². The van der Waals surface area contributed by atoms with Gasteiger partial charge in [-0.3, -0.25) is 4.98 Å². The third-order valence-electron chi connectivity index (χ3n) is 10.2. The van der Waals surface area contributed by atoms with Crippen LogP contribution in [0.15, 0.2) is 188 Å². The minimum atomic E-state index is 0.693. The monoisotopic (exact) mass is 661 g/mol. The number of rotatable bonds is 5. The summed E-state index contributed by atoms with van der Waals surface area (Å²) in [5.41, 5.74) is 9.97. The van der Waals surface area contributed by atoms with Crippen LogP contribution in [-0.2, 0) is 0 Å². The highest BCUT2D eigenvalue weighted by Crippen LogP contribution is 2.45. The van der Waals surface area contributed by atoms with Crippen molar-refractivity contribution in [3.8, 4) is 56.0 Å². The van der Waals surface area contributed by atoms with Gasteiger partial charge in [-0.25, -0.2) is 9.97 Å². The lowest BCUT2D eigenvalue weighted by molar-refractivity contribution is 1.18. The van der Waals surface area contributed by atoms with Crippen molar-refractivity contribution < 1.29 is 0 Å². The summed E-state index contributed by atoms with van der Waals surface area (Å²) in [7, 11) is 0. The highest BCUT2D eigenvalue weighted by molar-refractivity contribution is 6.22. The summed E-state index contributed by atoms with van der Waals surface area (Å²) >= 11 is 0. The SMILES string of the molecule is c1cc(-c2ccncc2)cc(-c2ccnc(-c3ccc4c(-c5ccc6ccccc6c5)c5ccccc5c(-c5ccc6ccccc6c5)c4c3)n2)c1. The Morgan fingerprint density at radius 1 is 0.308 bits per heavy atom. The summed E-state index contributed by atoms with van der Waals surface area (Å²) in [6.45, 7) is 0. The van der Waals surface area contributed by atoms with Gasteiger partial charge < -0.3 is 0 Å². The van der Waals surface area contributed by atoms with Crippen LogP contribution in [0.3, 0.4) is 0 Å². The summed E-state index contributed by atoms with van der Waals surface area (Å²) in [5, 5.41) is 9.72. The van der Waals surface area contributed by atoms with Crippen LogP contribution < -0.4 is 0 Å². The molecule has 2 aromatic heterocycles. The highest BCUT2D eigenvalue weighted by Gasteiger charge is 2.19. The van der Waals surface area contributed by atoms with Crippen molar-refractivity contribution in [1.29, 1.82) is 0 Å². The maximum atomic E-state index is 5.15. The Morgan fingerprint density at radius 2 is 0.885 bits per heavy atom. The van der Waals surface area contributed by atoms with Gasteiger partial charge in [0.25, 0.3) is 0 Å². The van der Waals surface area contributed by atoms with Crippen molar-refractivity contribution in [2.75, 3.05) is 0 Å². The first kappa shape index (κ1) is 29.9. The first-order valence-corrected chi connectivity index (χ1v) is 17.6. The molecule has 8 aromatic carbocycles. The lowest BCUT2D eigenvalue weighted by Crippen LogP contribution is -1.94. The lowest BCUT2D eigenvalue weighted by atomic mass is 9.84. The molecule has 0 aliphatic heterocycles. The summed E-state index contributed by atoms with van der Waals surface area (Å²) < 4.78 is 0. The second kappa shape index (κ2) is 12.4. The topological polar surface area (TPSA) is 38.7 Å². The van der Waals surface area contributed by atoms with Gasteiger partial charge in [-0.15, -0.1) is 0 Å². The zero-order chi connectivity index (χ0) is 34.4. The van der Waals surface area contributed by atoms with Gasteiger partial charge in [-0.2, -0.15) is 0 Å². The Morgan fingerprint density at radius 3 is 1.58 bits per heavy atom. The number of hydrogen-bond acceptors (Lipinski definition) is 3. The Bertz CT molecular complexity index is 2970. The van der Waals surface area contributed by atoms with E-state index in [-0.39, 0.29) is 0 Å². The van der Waals surface area contributed by atoms with Gasteiger partial charge in [0.15, 0.2) is 5.82 Å². The fourth-order valence-corrected chi connectivity index (χ4v) is 7.69. The molecule has 0 aliphatic rings. The fraction of sp³-hybridized carbons (Fsp3) is 0. The highest BCUT2D eigenvalue weighted by atomic mass is 14.9. The van der Waals surface area contributed by atoms with E-state index >= 15 is 0 Å². The molecule has 0 N–H and O–H groups in total. The molecule has 0 saturated carbocycles. The van der Waals surface area contributed by atoms with Crippen LogP contribution in [0.2, 0.25) is 0 Å². The Balaban J connectivity index is 1.21. The van der Waals surface area contributed by atoms with Crippen LogP contribution in [0.4, 0.5) is 0 Å². The molecule has 3 nitrogen and oxygen atoms in total. The number of hydrogen-bond donors (Lipinski definition) is 0. The zero-order valence-electron chi connectivity index (χ0n) is 28.2. The van der Waals surface area contributed by atoms with E-state index in [0.717, 1.165) is 27.9 Å². The van der Waals surface area contributed by atoms with Crippen molar-refractivity contribution in [3.63, 3.8) is 0 Å². The molecule has 0 atom stereocenters. The molecular formula is C49H31N3. The molecule has 52 heavy (non-hydrogen) atoms. The molecule has 0 bridgehead atoms. The number of pyridine rings is 1. The Labute approximate surface area is 301 Å². The minimum Gasteiger partial charge on any atom is -0.265 e. The first-order chi connectivity index (χ1) is 25.8. The molecule has 0 radical (unpaired) electrons. The van der Waals surface area contributed by atoms with Crippen LogP contribution in [0.1, 0.15) is 0 Å². The van der Waals surface area contributed by atoms with Gasteiger partial charge in [0.05, 0.1) is 5.69 Å². The molecular weight excluding hydrogens is 631 g/mol. The molecule has 10 aromatic rings. The van der Waals surface area contributed by atoms with Crippen LogP contribution in [0.5, 0.6) is 0 Å². The predicted molar refractivity (Wildman–Crippen MR) is 217 cm³/mol. The van der Waals surface area contributed by atoms with Crippen molar-refractivity contribution in [2.24, 2.45) is 0 Å². The van der Waals surface area contributed by atoms with Crippen LogP contribution in [0, 0.1) is 0 Å². The summed E-state index contributed by atoms with van der Waals surface area (Å²) in [5.74, 6) is 0.693.